The molecule has 2 aromatic rings. The molecule has 134 valence electrons. The summed E-state index contributed by atoms with van der Waals surface area (Å²) in [5.41, 5.74) is 5.85. The summed E-state index contributed by atoms with van der Waals surface area (Å²) in [5, 5.41) is 7.45. The van der Waals surface area contributed by atoms with Gasteiger partial charge in [0, 0.05) is 38.4 Å². The zero-order valence-corrected chi connectivity index (χ0v) is 16.2. The number of benzene rings is 1. The van der Waals surface area contributed by atoms with Crippen molar-refractivity contribution in [3.8, 4) is 0 Å². The highest BCUT2D eigenvalue weighted by atomic mass is 32.1. The van der Waals surface area contributed by atoms with Crippen molar-refractivity contribution in [3.63, 3.8) is 0 Å². The first-order valence-electron chi connectivity index (χ1n) is 8.85. The maximum absolute atomic E-state index is 12.4. The molecule has 1 aliphatic rings. The quantitative estimate of drug-likeness (QED) is 0.890. The van der Waals surface area contributed by atoms with Gasteiger partial charge in [-0.3, -0.25) is 14.6 Å². The van der Waals surface area contributed by atoms with Crippen LogP contribution < -0.4 is 5.32 Å². The van der Waals surface area contributed by atoms with Crippen LogP contribution in [0, 0.1) is 20.8 Å². The Bertz CT molecular complexity index is 696. The zero-order chi connectivity index (χ0) is 17.8. The normalized spacial score (nSPS) is 16.1. The molecule has 2 heterocycles. The van der Waals surface area contributed by atoms with Crippen molar-refractivity contribution < 1.29 is 4.79 Å². The van der Waals surface area contributed by atoms with Crippen LogP contribution in [0.2, 0.25) is 0 Å². The van der Waals surface area contributed by atoms with E-state index in [1.807, 2.05) is 0 Å². The van der Waals surface area contributed by atoms with E-state index in [4.69, 9.17) is 0 Å². The first-order valence-corrected chi connectivity index (χ1v) is 9.79. The van der Waals surface area contributed by atoms with E-state index in [-0.39, 0.29) is 5.91 Å². The van der Waals surface area contributed by atoms with Crippen molar-refractivity contribution in [2.24, 2.45) is 0 Å². The molecule has 0 radical (unpaired) electrons. The molecule has 1 N–H and O–H groups in total. The van der Waals surface area contributed by atoms with Gasteiger partial charge < -0.3 is 5.32 Å². The van der Waals surface area contributed by atoms with Gasteiger partial charge in [0.1, 0.15) is 0 Å². The number of nitrogens with one attached hydrogen (secondary N) is 1. The van der Waals surface area contributed by atoms with Gasteiger partial charge in [-0.25, -0.2) is 0 Å². The van der Waals surface area contributed by atoms with Gasteiger partial charge in [-0.2, -0.15) is 11.3 Å². The topological polar surface area (TPSA) is 35.6 Å². The van der Waals surface area contributed by atoms with E-state index in [1.165, 1.54) is 11.1 Å². The van der Waals surface area contributed by atoms with E-state index in [1.54, 1.807) is 11.3 Å². The Morgan fingerprint density at radius 2 is 1.72 bits per heavy atom. The monoisotopic (exact) mass is 357 g/mol. The van der Waals surface area contributed by atoms with Gasteiger partial charge in [0.2, 0.25) is 5.91 Å². The van der Waals surface area contributed by atoms with Gasteiger partial charge in [-0.05, 0) is 54.3 Å². The van der Waals surface area contributed by atoms with Crippen LogP contribution in [-0.2, 0) is 11.3 Å². The molecule has 5 heteroatoms. The summed E-state index contributed by atoms with van der Waals surface area (Å²) in [5.74, 6) is 0.0846. The highest BCUT2D eigenvalue weighted by Crippen LogP contribution is 2.22. The highest BCUT2D eigenvalue weighted by molar-refractivity contribution is 7.07. The first kappa shape index (κ1) is 18.1. The predicted octanol–water partition coefficient (Wildman–Crippen LogP) is 3.43. The van der Waals surface area contributed by atoms with Gasteiger partial charge in [-0.1, -0.05) is 17.7 Å². The second kappa shape index (κ2) is 8.13. The number of hydrogen-bond acceptors (Lipinski definition) is 4. The van der Waals surface area contributed by atoms with Crippen LogP contribution in [0.5, 0.6) is 0 Å². The van der Waals surface area contributed by atoms with Crippen LogP contribution in [0.1, 0.15) is 22.3 Å². The lowest BCUT2D eigenvalue weighted by Gasteiger charge is -2.34. The number of carbonyl (C=O) groups excluding carboxylic acids is 1. The Hall–Kier alpha value is -1.69. The molecule has 0 unspecified atom stereocenters. The van der Waals surface area contributed by atoms with Gasteiger partial charge in [0.15, 0.2) is 0 Å². The molecular formula is C20H27N3OS. The van der Waals surface area contributed by atoms with E-state index in [0.717, 1.165) is 49.5 Å². The smallest absolute Gasteiger partial charge is 0.238 e. The summed E-state index contributed by atoms with van der Waals surface area (Å²) >= 11 is 1.75. The molecule has 1 aliphatic heterocycles. The summed E-state index contributed by atoms with van der Waals surface area (Å²) < 4.78 is 0. The number of rotatable bonds is 5. The summed E-state index contributed by atoms with van der Waals surface area (Å²) in [6, 6.07) is 6.42. The van der Waals surface area contributed by atoms with Crippen molar-refractivity contribution in [2.45, 2.75) is 27.3 Å². The fraction of sp³-hybridized carbons (Fsp3) is 0.450. The fourth-order valence-corrected chi connectivity index (χ4v) is 4.17. The number of amides is 1. The second-order valence-corrected chi connectivity index (χ2v) is 7.79. The van der Waals surface area contributed by atoms with Crippen LogP contribution in [0.25, 0.3) is 0 Å². The Labute approximate surface area is 154 Å². The molecule has 4 nitrogen and oxygen atoms in total. The summed E-state index contributed by atoms with van der Waals surface area (Å²) in [4.78, 5) is 17.2. The number of piperazine rings is 1. The van der Waals surface area contributed by atoms with Crippen molar-refractivity contribution >= 4 is 22.9 Å². The lowest BCUT2D eigenvalue weighted by molar-refractivity contribution is -0.117. The van der Waals surface area contributed by atoms with E-state index in [9.17, 15) is 4.79 Å². The Balaban J connectivity index is 1.48. The SMILES string of the molecule is Cc1cc(C)c(NC(=O)CN2CCN(Cc3ccsc3)CC2)c(C)c1. The molecule has 0 aliphatic carbocycles. The Morgan fingerprint density at radius 1 is 1.08 bits per heavy atom. The number of thiophene rings is 1. The molecule has 1 fully saturated rings. The first-order chi connectivity index (χ1) is 12.0. The lowest BCUT2D eigenvalue weighted by Crippen LogP contribution is -2.48. The standard InChI is InChI=1S/C20H27N3OS/c1-15-10-16(2)20(17(3)11-15)21-19(24)13-23-7-5-22(6-8-23)12-18-4-9-25-14-18/h4,9-11,14H,5-8,12-13H2,1-3H3,(H,21,24). The van der Waals surface area contributed by atoms with E-state index >= 15 is 0 Å². The van der Waals surface area contributed by atoms with Gasteiger partial charge in [0.25, 0.3) is 0 Å². The van der Waals surface area contributed by atoms with E-state index in [2.05, 4.69) is 64.8 Å². The minimum atomic E-state index is 0.0846. The molecule has 1 aromatic heterocycles. The zero-order valence-electron chi connectivity index (χ0n) is 15.3. The lowest BCUT2D eigenvalue weighted by atomic mass is 10.1. The largest absolute Gasteiger partial charge is 0.324 e. The van der Waals surface area contributed by atoms with Crippen LogP contribution in [0.3, 0.4) is 0 Å². The Morgan fingerprint density at radius 3 is 2.32 bits per heavy atom. The van der Waals surface area contributed by atoms with Crippen molar-refractivity contribution in [3.05, 3.63) is 51.2 Å². The number of carbonyl (C=O) groups is 1. The molecular weight excluding hydrogens is 330 g/mol. The van der Waals surface area contributed by atoms with Gasteiger partial charge >= 0.3 is 0 Å². The third-order valence-electron chi connectivity index (χ3n) is 4.76. The molecule has 1 aromatic carbocycles. The molecule has 0 atom stereocenters. The molecule has 3 rings (SSSR count). The van der Waals surface area contributed by atoms with Gasteiger partial charge in [-0.15, -0.1) is 0 Å². The molecule has 0 spiro atoms. The van der Waals surface area contributed by atoms with Gasteiger partial charge in [0.05, 0.1) is 6.54 Å². The summed E-state index contributed by atoms with van der Waals surface area (Å²) in [6.45, 7) is 11.6. The van der Waals surface area contributed by atoms with Crippen LogP contribution in [0.15, 0.2) is 29.0 Å². The minimum Gasteiger partial charge on any atom is -0.324 e. The average Bonchev–Trinajstić information content (AvgIpc) is 3.06. The third kappa shape index (κ3) is 4.91. The number of hydrogen-bond donors (Lipinski definition) is 1. The molecule has 1 saturated heterocycles. The number of aryl methyl sites for hydroxylation is 3. The average molecular weight is 358 g/mol. The van der Waals surface area contributed by atoms with Crippen LogP contribution >= 0.6 is 11.3 Å². The second-order valence-electron chi connectivity index (χ2n) is 7.01. The fourth-order valence-electron chi connectivity index (χ4n) is 3.51. The number of nitrogens with zero attached hydrogens (tertiary/aromatic N) is 2. The predicted molar refractivity (Wildman–Crippen MR) is 105 cm³/mol. The third-order valence-corrected chi connectivity index (χ3v) is 5.49. The maximum Gasteiger partial charge on any atom is 0.238 e. The van der Waals surface area contributed by atoms with Crippen molar-refractivity contribution in [1.82, 2.24) is 9.80 Å². The maximum atomic E-state index is 12.4. The molecule has 25 heavy (non-hydrogen) atoms. The van der Waals surface area contributed by atoms with Crippen molar-refractivity contribution in [2.75, 3.05) is 38.0 Å². The number of anilines is 1. The summed E-state index contributed by atoms with van der Waals surface area (Å²) in [7, 11) is 0. The molecule has 0 saturated carbocycles. The molecule has 0 bridgehead atoms. The van der Waals surface area contributed by atoms with E-state index < -0.39 is 0 Å². The van der Waals surface area contributed by atoms with E-state index in [0.29, 0.717) is 6.54 Å². The summed E-state index contributed by atoms with van der Waals surface area (Å²) in [6.07, 6.45) is 0. The Kier molecular flexibility index (Phi) is 5.89. The van der Waals surface area contributed by atoms with Crippen LogP contribution in [0.4, 0.5) is 5.69 Å². The highest BCUT2D eigenvalue weighted by Gasteiger charge is 2.19. The molecule has 1 amide bonds. The minimum absolute atomic E-state index is 0.0846. The van der Waals surface area contributed by atoms with Crippen molar-refractivity contribution in [1.29, 1.82) is 0 Å². The van der Waals surface area contributed by atoms with Crippen LogP contribution in [-0.4, -0.2) is 48.4 Å².